The molecule has 134 valence electrons. The van der Waals surface area contributed by atoms with Crippen molar-refractivity contribution >= 4 is 16.9 Å². The molecule has 1 N–H and O–H groups in total. The highest BCUT2D eigenvalue weighted by atomic mass is 16.5. The zero-order chi connectivity index (χ0) is 17.2. The summed E-state index contributed by atoms with van der Waals surface area (Å²) in [6.07, 6.45) is 3.72. The van der Waals surface area contributed by atoms with Crippen LogP contribution in [0.25, 0.3) is 11.0 Å². The van der Waals surface area contributed by atoms with Crippen molar-refractivity contribution in [3.8, 4) is 0 Å². The lowest BCUT2D eigenvalue weighted by Gasteiger charge is -2.26. The Hall–Kier alpha value is -1.92. The molecule has 0 aliphatic carbocycles. The van der Waals surface area contributed by atoms with Crippen molar-refractivity contribution in [3.63, 3.8) is 0 Å². The normalized spacial score (nSPS) is 24.9. The van der Waals surface area contributed by atoms with Crippen molar-refractivity contribution in [1.82, 2.24) is 14.9 Å². The van der Waals surface area contributed by atoms with Crippen molar-refractivity contribution in [2.24, 2.45) is 0 Å². The van der Waals surface area contributed by atoms with E-state index in [0.29, 0.717) is 6.61 Å². The van der Waals surface area contributed by atoms with Gasteiger partial charge in [-0.3, -0.25) is 4.79 Å². The van der Waals surface area contributed by atoms with Crippen LogP contribution in [0.5, 0.6) is 0 Å². The summed E-state index contributed by atoms with van der Waals surface area (Å²) in [5.74, 6) is 0.916. The van der Waals surface area contributed by atoms with Crippen molar-refractivity contribution < 1.29 is 14.3 Å². The molecule has 6 heteroatoms. The molecule has 2 aliphatic rings. The molecule has 0 radical (unpaired) electrons. The number of amides is 1. The Bertz CT molecular complexity index is 705. The highest BCUT2D eigenvalue weighted by Crippen LogP contribution is 2.32. The summed E-state index contributed by atoms with van der Waals surface area (Å²) in [7, 11) is 0. The molecule has 3 heterocycles. The first-order valence-electron chi connectivity index (χ1n) is 9.20. The van der Waals surface area contributed by atoms with E-state index < -0.39 is 6.10 Å². The Morgan fingerprint density at radius 3 is 3.08 bits per heavy atom. The Labute approximate surface area is 147 Å². The molecule has 3 unspecified atom stereocenters. The van der Waals surface area contributed by atoms with Crippen LogP contribution >= 0.6 is 0 Å². The minimum Gasteiger partial charge on any atom is -0.376 e. The van der Waals surface area contributed by atoms with Gasteiger partial charge in [-0.15, -0.1) is 0 Å². The Morgan fingerprint density at radius 1 is 1.40 bits per heavy atom. The Kier molecular flexibility index (Phi) is 4.72. The third kappa shape index (κ3) is 3.41. The second kappa shape index (κ2) is 7.14. The lowest BCUT2D eigenvalue weighted by Crippen LogP contribution is -2.39. The van der Waals surface area contributed by atoms with Crippen molar-refractivity contribution in [2.45, 2.75) is 50.9 Å². The highest BCUT2D eigenvalue weighted by molar-refractivity contribution is 5.81. The standard InChI is InChI=1S/C19H25N3O3/c1-13(25-12-14-6-5-11-24-14)19(23)22-10-4-9-17(22)18-20-15-7-2-3-8-16(15)21-18/h2-3,7-8,13-14,17H,4-6,9-12H2,1H3,(H,20,21). The first kappa shape index (κ1) is 16.5. The van der Waals surface area contributed by atoms with E-state index in [1.165, 1.54) is 0 Å². The van der Waals surface area contributed by atoms with Crippen molar-refractivity contribution in [2.75, 3.05) is 19.8 Å². The average Bonchev–Trinajstić information content (AvgIpc) is 3.38. The lowest BCUT2D eigenvalue weighted by atomic mass is 10.2. The number of ether oxygens (including phenoxy) is 2. The molecule has 2 aliphatic heterocycles. The highest BCUT2D eigenvalue weighted by Gasteiger charge is 2.35. The zero-order valence-electron chi connectivity index (χ0n) is 14.6. The van der Waals surface area contributed by atoms with E-state index in [-0.39, 0.29) is 18.1 Å². The van der Waals surface area contributed by atoms with Gasteiger partial charge in [-0.25, -0.2) is 4.98 Å². The molecule has 4 rings (SSSR count). The SMILES string of the molecule is CC(OCC1CCCO1)C(=O)N1CCCC1c1nc2ccccc2[nH]1. The number of H-pyrrole nitrogens is 1. The number of nitrogens with one attached hydrogen (secondary N) is 1. The number of aromatic nitrogens is 2. The summed E-state index contributed by atoms with van der Waals surface area (Å²) in [4.78, 5) is 22.8. The monoisotopic (exact) mass is 343 g/mol. The van der Waals surface area contributed by atoms with Gasteiger partial charge >= 0.3 is 0 Å². The third-order valence-electron chi connectivity index (χ3n) is 5.16. The number of carbonyl (C=O) groups is 1. The number of aromatic amines is 1. The van der Waals surface area contributed by atoms with Crippen LogP contribution in [-0.4, -0.2) is 52.7 Å². The van der Waals surface area contributed by atoms with Crippen LogP contribution in [0.1, 0.15) is 44.5 Å². The first-order valence-corrected chi connectivity index (χ1v) is 9.20. The van der Waals surface area contributed by atoms with Gasteiger partial charge < -0.3 is 19.4 Å². The van der Waals surface area contributed by atoms with Crippen LogP contribution in [0.15, 0.2) is 24.3 Å². The molecule has 0 saturated carbocycles. The van der Waals surface area contributed by atoms with Gasteiger partial charge in [-0.05, 0) is 44.7 Å². The summed E-state index contributed by atoms with van der Waals surface area (Å²) < 4.78 is 11.4. The number of likely N-dealkylation sites (tertiary alicyclic amines) is 1. The second-order valence-corrected chi connectivity index (χ2v) is 6.94. The van der Waals surface area contributed by atoms with E-state index in [4.69, 9.17) is 9.47 Å². The maximum absolute atomic E-state index is 12.9. The molecular formula is C19H25N3O3. The predicted molar refractivity (Wildman–Crippen MR) is 94.2 cm³/mol. The van der Waals surface area contributed by atoms with Gasteiger partial charge in [0.15, 0.2) is 0 Å². The van der Waals surface area contributed by atoms with Crippen LogP contribution in [0.3, 0.4) is 0 Å². The average molecular weight is 343 g/mol. The van der Waals surface area contributed by atoms with Gasteiger partial charge in [-0.2, -0.15) is 0 Å². The van der Waals surface area contributed by atoms with E-state index in [1.54, 1.807) is 0 Å². The number of imidazole rings is 1. The molecule has 1 amide bonds. The molecule has 1 aromatic heterocycles. The van der Waals surface area contributed by atoms with Crippen LogP contribution in [0.2, 0.25) is 0 Å². The third-order valence-corrected chi connectivity index (χ3v) is 5.16. The minimum atomic E-state index is -0.450. The van der Waals surface area contributed by atoms with Crippen molar-refractivity contribution in [3.05, 3.63) is 30.1 Å². The topological polar surface area (TPSA) is 67.5 Å². The van der Waals surface area contributed by atoms with E-state index in [1.807, 2.05) is 36.1 Å². The Balaban J connectivity index is 1.43. The van der Waals surface area contributed by atoms with E-state index >= 15 is 0 Å². The van der Waals surface area contributed by atoms with Gasteiger partial charge in [0.25, 0.3) is 5.91 Å². The first-order chi connectivity index (χ1) is 12.2. The summed E-state index contributed by atoms with van der Waals surface area (Å²) >= 11 is 0. The van der Waals surface area contributed by atoms with Gasteiger partial charge in [-0.1, -0.05) is 12.1 Å². The minimum absolute atomic E-state index is 0.00804. The fourth-order valence-electron chi connectivity index (χ4n) is 3.78. The molecule has 2 saturated heterocycles. The molecule has 2 fully saturated rings. The molecule has 0 bridgehead atoms. The number of hydrogen-bond acceptors (Lipinski definition) is 4. The maximum atomic E-state index is 12.9. The number of para-hydroxylation sites is 2. The van der Waals surface area contributed by atoms with Crippen LogP contribution < -0.4 is 0 Å². The quantitative estimate of drug-likeness (QED) is 0.906. The molecule has 6 nitrogen and oxygen atoms in total. The van der Waals surface area contributed by atoms with Gasteiger partial charge in [0.1, 0.15) is 11.9 Å². The van der Waals surface area contributed by atoms with Gasteiger partial charge in [0.05, 0.1) is 29.8 Å². The number of nitrogens with zero attached hydrogens (tertiary/aromatic N) is 2. The van der Waals surface area contributed by atoms with Crippen LogP contribution in [-0.2, 0) is 14.3 Å². The number of rotatable bonds is 5. The molecule has 1 aromatic carbocycles. The molecule has 0 spiro atoms. The summed E-state index contributed by atoms with van der Waals surface area (Å²) in [6.45, 7) is 3.89. The van der Waals surface area contributed by atoms with Gasteiger partial charge in [0.2, 0.25) is 0 Å². The number of hydrogen-bond donors (Lipinski definition) is 1. The van der Waals surface area contributed by atoms with Crippen molar-refractivity contribution in [1.29, 1.82) is 0 Å². The summed E-state index contributed by atoms with van der Waals surface area (Å²) in [5, 5.41) is 0. The fourth-order valence-corrected chi connectivity index (χ4v) is 3.78. The molecule has 2 aromatic rings. The number of carbonyl (C=O) groups excluding carboxylic acids is 1. The maximum Gasteiger partial charge on any atom is 0.252 e. The fraction of sp³-hybridized carbons (Fsp3) is 0.579. The lowest BCUT2D eigenvalue weighted by molar-refractivity contribution is -0.145. The van der Waals surface area contributed by atoms with E-state index in [2.05, 4.69) is 9.97 Å². The largest absolute Gasteiger partial charge is 0.376 e. The molecule has 3 atom stereocenters. The van der Waals surface area contributed by atoms with Crippen LogP contribution in [0.4, 0.5) is 0 Å². The Morgan fingerprint density at radius 2 is 2.28 bits per heavy atom. The van der Waals surface area contributed by atoms with Crippen LogP contribution in [0, 0.1) is 0 Å². The predicted octanol–water partition coefficient (Wildman–Crippen LogP) is 2.81. The molecular weight excluding hydrogens is 318 g/mol. The summed E-state index contributed by atoms with van der Waals surface area (Å²) in [5.41, 5.74) is 1.96. The molecule has 25 heavy (non-hydrogen) atoms. The van der Waals surface area contributed by atoms with E-state index in [9.17, 15) is 4.79 Å². The number of fused-ring (bicyclic) bond motifs is 1. The smallest absolute Gasteiger partial charge is 0.252 e. The zero-order valence-corrected chi connectivity index (χ0v) is 14.6. The summed E-state index contributed by atoms with van der Waals surface area (Å²) in [6, 6.07) is 7.98. The van der Waals surface area contributed by atoms with E-state index in [0.717, 1.165) is 55.7 Å². The van der Waals surface area contributed by atoms with Gasteiger partial charge in [0, 0.05) is 13.2 Å². The second-order valence-electron chi connectivity index (χ2n) is 6.94. The number of benzene rings is 1.